The molecule has 0 aromatic heterocycles. The number of ether oxygens (including phenoxy) is 1. The fourth-order valence-electron chi connectivity index (χ4n) is 11.4. The fraction of sp³-hybridized carbons (Fsp3) is 0.914. The molecule has 0 radical (unpaired) electrons. The Labute approximate surface area is 259 Å². The number of fused-ring (bicyclic) bond motifs is 7. The molecule has 6 rings (SSSR count). The van der Waals surface area contributed by atoms with Crippen LogP contribution in [0, 0.1) is 52.3 Å². The van der Waals surface area contributed by atoms with Crippen molar-refractivity contribution in [3.8, 4) is 0 Å². The summed E-state index contributed by atoms with van der Waals surface area (Å²) >= 11 is 0. The molecule has 43 heavy (non-hydrogen) atoms. The van der Waals surface area contributed by atoms with Crippen molar-refractivity contribution in [1.82, 2.24) is 20.9 Å². The van der Waals surface area contributed by atoms with Gasteiger partial charge in [-0.15, -0.1) is 0 Å². The number of ketones is 1. The number of carbonyl (C=O) groups excluding carboxylic acids is 3. The number of nitrogens with one attached hydrogen (secondary N) is 3. The predicted octanol–water partition coefficient (Wildman–Crippen LogP) is 4.13. The van der Waals surface area contributed by atoms with E-state index in [1.807, 2.05) is 14.1 Å². The first kappa shape index (κ1) is 31.5. The van der Waals surface area contributed by atoms with Crippen LogP contribution in [0.1, 0.15) is 98.3 Å². The maximum atomic E-state index is 14.3. The number of hydrogen-bond donors (Lipinski definition) is 3. The molecule has 8 heteroatoms. The van der Waals surface area contributed by atoms with Gasteiger partial charge in [-0.3, -0.25) is 19.7 Å². The number of amides is 2. The van der Waals surface area contributed by atoms with Crippen LogP contribution < -0.4 is 16.0 Å². The Kier molecular flexibility index (Phi) is 8.56. The molecular weight excluding hydrogens is 540 g/mol. The summed E-state index contributed by atoms with van der Waals surface area (Å²) in [4.78, 5) is 41.5. The monoisotopic (exact) mass is 598 g/mol. The summed E-state index contributed by atoms with van der Waals surface area (Å²) in [6, 6.07) is 0.121. The van der Waals surface area contributed by atoms with Crippen molar-refractivity contribution in [2.75, 3.05) is 33.7 Å². The van der Waals surface area contributed by atoms with Gasteiger partial charge in [0, 0.05) is 42.8 Å². The van der Waals surface area contributed by atoms with E-state index >= 15 is 0 Å². The van der Waals surface area contributed by atoms with E-state index in [0.29, 0.717) is 60.2 Å². The van der Waals surface area contributed by atoms with Crippen LogP contribution in [0.2, 0.25) is 0 Å². The summed E-state index contributed by atoms with van der Waals surface area (Å²) in [5, 5.41) is 9.88. The summed E-state index contributed by atoms with van der Waals surface area (Å²) < 4.78 is 6.97. The number of piperidine rings is 1. The van der Waals surface area contributed by atoms with Crippen LogP contribution in [-0.2, 0) is 19.1 Å². The van der Waals surface area contributed by atoms with Crippen molar-refractivity contribution < 1.29 is 19.1 Å². The van der Waals surface area contributed by atoms with Crippen LogP contribution in [-0.4, -0.2) is 74.1 Å². The zero-order chi connectivity index (χ0) is 30.7. The Morgan fingerprint density at radius 3 is 2.53 bits per heavy atom. The van der Waals surface area contributed by atoms with Gasteiger partial charge in [-0.1, -0.05) is 27.7 Å². The summed E-state index contributed by atoms with van der Waals surface area (Å²) in [5.74, 6) is 3.44. The number of carbonyl (C=O) groups is 3. The van der Waals surface area contributed by atoms with E-state index in [9.17, 15) is 14.4 Å². The second-order valence-electron chi connectivity index (χ2n) is 16.4. The molecule has 2 heterocycles. The Balaban J connectivity index is 1.07. The highest BCUT2D eigenvalue weighted by Gasteiger charge is 2.71. The third kappa shape index (κ3) is 5.39. The molecule has 6 fully saturated rings. The van der Waals surface area contributed by atoms with Crippen molar-refractivity contribution in [1.29, 1.82) is 0 Å². The lowest BCUT2D eigenvalue weighted by Gasteiger charge is -2.60. The molecule has 3 N–H and O–H groups in total. The van der Waals surface area contributed by atoms with Gasteiger partial charge in [-0.05, 0) is 113 Å². The van der Waals surface area contributed by atoms with Gasteiger partial charge in [-0.25, -0.2) is 0 Å². The van der Waals surface area contributed by atoms with Crippen molar-refractivity contribution in [3.05, 3.63) is 0 Å². The lowest BCUT2D eigenvalue weighted by atomic mass is 9.44. The smallest absolute Gasteiger partial charge is 0.229 e. The summed E-state index contributed by atoms with van der Waals surface area (Å²) in [6.07, 6.45) is 10.3. The molecule has 242 valence electrons. The highest BCUT2D eigenvalue weighted by atomic mass is 16.5. The fourth-order valence-corrected chi connectivity index (χ4v) is 11.4. The minimum Gasteiger partial charge on any atom is -0.357 e. The van der Waals surface area contributed by atoms with Crippen LogP contribution in [0.15, 0.2) is 0 Å². The standard InChI is InChI=1S/C35H58N4O4/c1-21-10-13-35(37-20-21)22(2)32-28(43-35)17-27-25-9-8-23-16-24(38-31(42)19-30(41)36-14-7-15-39(5)6)11-12-33(23,3)26(25)18-29(40)34(27,32)4/h21-28,32,37H,7-20H2,1-6H3,(H,36,41)(H,38,42)/t21-,22-,23+,24-,25+,26-,27-,28-,32-,33-,34+,35+/m0/s1. The number of nitrogens with zero attached hydrogens (tertiary/aromatic N) is 1. The van der Waals surface area contributed by atoms with Crippen molar-refractivity contribution in [3.63, 3.8) is 0 Å². The number of rotatable bonds is 7. The molecule has 2 aliphatic heterocycles. The molecule has 4 saturated carbocycles. The normalized spacial score (nSPS) is 47.0. The molecule has 0 bridgehead atoms. The minimum absolute atomic E-state index is 0.0987. The van der Waals surface area contributed by atoms with Crippen LogP contribution in [0.3, 0.4) is 0 Å². The minimum atomic E-state index is -0.277. The van der Waals surface area contributed by atoms with Crippen molar-refractivity contribution in [2.45, 2.75) is 116 Å². The Bertz CT molecular complexity index is 1090. The van der Waals surface area contributed by atoms with Crippen molar-refractivity contribution >= 4 is 17.6 Å². The maximum absolute atomic E-state index is 14.3. The molecule has 8 nitrogen and oxygen atoms in total. The maximum Gasteiger partial charge on any atom is 0.229 e. The van der Waals surface area contributed by atoms with Gasteiger partial charge in [0.1, 0.15) is 17.9 Å². The predicted molar refractivity (Wildman–Crippen MR) is 167 cm³/mol. The van der Waals surface area contributed by atoms with Crippen LogP contribution in [0.5, 0.6) is 0 Å². The molecule has 2 saturated heterocycles. The Morgan fingerprint density at radius 1 is 1.02 bits per heavy atom. The molecule has 6 aliphatic rings. The van der Waals surface area contributed by atoms with Gasteiger partial charge < -0.3 is 20.3 Å². The first-order valence-electron chi connectivity index (χ1n) is 17.5. The summed E-state index contributed by atoms with van der Waals surface area (Å²) in [7, 11) is 4.02. The Morgan fingerprint density at radius 2 is 1.81 bits per heavy atom. The average molecular weight is 599 g/mol. The number of Topliss-reactive ketones (excluding diaryl/α,β-unsaturated/α-hetero) is 1. The lowest BCUT2D eigenvalue weighted by Crippen LogP contribution is -2.60. The van der Waals surface area contributed by atoms with E-state index in [1.54, 1.807) is 0 Å². The zero-order valence-corrected chi connectivity index (χ0v) is 27.7. The molecule has 0 unspecified atom stereocenters. The largest absolute Gasteiger partial charge is 0.357 e. The van der Waals surface area contributed by atoms with E-state index in [0.717, 1.165) is 51.6 Å². The molecule has 0 aromatic rings. The van der Waals surface area contributed by atoms with Gasteiger partial charge in [0.05, 0.1) is 6.10 Å². The van der Waals surface area contributed by atoms with Gasteiger partial charge in [0.2, 0.25) is 11.8 Å². The second-order valence-corrected chi connectivity index (χ2v) is 16.4. The molecule has 0 aromatic carbocycles. The van der Waals surface area contributed by atoms with Gasteiger partial charge in [0.15, 0.2) is 0 Å². The highest BCUT2D eigenvalue weighted by Crippen LogP contribution is 2.70. The first-order valence-corrected chi connectivity index (χ1v) is 17.5. The molecule has 1 spiro atoms. The van der Waals surface area contributed by atoms with E-state index in [1.165, 1.54) is 19.3 Å². The van der Waals surface area contributed by atoms with Crippen LogP contribution in [0.4, 0.5) is 0 Å². The third-order valence-corrected chi connectivity index (χ3v) is 13.8. The molecular formula is C35H58N4O4. The third-order valence-electron chi connectivity index (χ3n) is 13.8. The SMILES string of the molecule is C[C@H]1CC[C@@]2(NC1)O[C@H]1C[C@H]3[C@@H]4CC[C@@H]5C[C@@H](NC(=O)CC(=O)NCCCN(C)C)CC[C@]5(C)[C@H]4CC(=O)[C@]3(C)[C@H]1[C@@H]2C. The van der Waals surface area contributed by atoms with E-state index in [4.69, 9.17) is 4.74 Å². The van der Waals surface area contributed by atoms with Crippen molar-refractivity contribution in [2.24, 2.45) is 52.3 Å². The van der Waals surface area contributed by atoms with Crippen LogP contribution >= 0.6 is 0 Å². The van der Waals surface area contributed by atoms with Gasteiger partial charge >= 0.3 is 0 Å². The summed E-state index contributed by atoms with van der Waals surface area (Å²) in [6.45, 7) is 12.0. The lowest BCUT2D eigenvalue weighted by molar-refractivity contribution is -0.160. The summed E-state index contributed by atoms with van der Waals surface area (Å²) in [5.41, 5.74) is -0.384. The molecule has 12 atom stereocenters. The molecule has 2 amide bonds. The van der Waals surface area contributed by atoms with E-state index in [-0.39, 0.29) is 46.9 Å². The van der Waals surface area contributed by atoms with E-state index < -0.39 is 0 Å². The quantitative estimate of drug-likeness (QED) is 0.301. The van der Waals surface area contributed by atoms with Gasteiger partial charge in [0.25, 0.3) is 0 Å². The topological polar surface area (TPSA) is 99.8 Å². The zero-order valence-electron chi connectivity index (χ0n) is 27.7. The van der Waals surface area contributed by atoms with Gasteiger partial charge in [-0.2, -0.15) is 0 Å². The second kappa shape index (κ2) is 11.7. The average Bonchev–Trinajstić information content (AvgIpc) is 3.40. The Hall–Kier alpha value is -1.51. The van der Waals surface area contributed by atoms with E-state index in [2.05, 4.69) is 48.5 Å². The van der Waals surface area contributed by atoms with Crippen LogP contribution in [0.25, 0.3) is 0 Å². The highest BCUT2D eigenvalue weighted by molar-refractivity contribution is 5.97. The molecule has 4 aliphatic carbocycles. The number of hydrogen-bond acceptors (Lipinski definition) is 6. The first-order chi connectivity index (χ1) is 20.4.